The summed E-state index contributed by atoms with van der Waals surface area (Å²) in [5.74, 6) is 0.909. The Kier molecular flexibility index (Phi) is 7.42. The second-order valence-corrected chi connectivity index (χ2v) is 8.02. The summed E-state index contributed by atoms with van der Waals surface area (Å²) in [6, 6.07) is 11.9. The zero-order valence-electron chi connectivity index (χ0n) is 17.3. The normalized spacial score (nSPS) is 19.5. The summed E-state index contributed by atoms with van der Waals surface area (Å²) in [6.07, 6.45) is 8.48. The summed E-state index contributed by atoms with van der Waals surface area (Å²) in [5.41, 5.74) is 11.0. The van der Waals surface area contributed by atoms with Gasteiger partial charge in [0.2, 0.25) is 0 Å². The number of para-hydroxylation sites is 1. The molecule has 1 unspecified atom stereocenters. The number of nitrogens with two attached hydrogens (primary N) is 1. The second-order valence-electron chi connectivity index (χ2n) is 8.02. The van der Waals surface area contributed by atoms with Crippen molar-refractivity contribution in [2.45, 2.75) is 38.1 Å². The number of piperidine rings is 1. The molecule has 1 amide bonds. The van der Waals surface area contributed by atoms with Gasteiger partial charge in [0.15, 0.2) is 0 Å². The minimum atomic E-state index is 0. The van der Waals surface area contributed by atoms with Gasteiger partial charge in [0, 0.05) is 24.5 Å². The van der Waals surface area contributed by atoms with E-state index in [1.54, 1.807) is 6.26 Å². The van der Waals surface area contributed by atoms with E-state index in [9.17, 15) is 4.79 Å². The summed E-state index contributed by atoms with van der Waals surface area (Å²) in [5, 5.41) is 0.939. The summed E-state index contributed by atoms with van der Waals surface area (Å²) >= 11 is 0. The minimum absolute atomic E-state index is 0. The standard InChI is InChI=1S/C24H25N3O2.2ClH/c25-17-7-4-12-27(15-17)24(28)22-19-9-1-2-11-21(19)26-23-16(6-3-10-20(22)23)14-18-8-5-13-29-18;;/h1-2,5,8-9,11,13-14,17H,3-4,6-7,10,12,15,25H2;2*1H/b16-14-;;. The van der Waals surface area contributed by atoms with Gasteiger partial charge in [-0.05, 0) is 67.5 Å². The van der Waals surface area contributed by atoms with Gasteiger partial charge in [-0.25, -0.2) is 4.98 Å². The van der Waals surface area contributed by atoms with E-state index in [1.165, 1.54) is 0 Å². The number of furan rings is 1. The number of allylic oxidation sites excluding steroid dienone is 1. The Hall–Kier alpha value is -2.34. The molecule has 31 heavy (non-hydrogen) atoms. The molecule has 7 heteroatoms. The first-order chi connectivity index (χ1) is 14.2. The Bertz CT molecular complexity index is 1100. The predicted molar refractivity (Wildman–Crippen MR) is 129 cm³/mol. The van der Waals surface area contributed by atoms with Crippen molar-refractivity contribution in [2.75, 3.05) is 13.1 Å². The molecule has 2 aliphatic rings. The lowest BCUT2D eigenvalue weighted by atomic mass is 9.85. The lowest BCUT2D eigenvalue weighted by molar-refractivity contribution is 0.0709. The van der Waals surface area contributed by atoms with Crippen LogP contribution in [0, 0.1) is 0 Å². The number of rotatable bonds is 2. The monoisotopic (exact) mass is 459 g/mol. The molecular weight excluding hydrogens is 433 g/mol. The van der Waals surface area contributed by atoms with Gasteiger partial charge in [-0.3, -0.25) is 4.79 Å². The molecule has 0 bridgehead atoms. The average molecular weight is 460 g/mol. The molecule has 164 valence electrons. The fourth-order valence-corrected chi connectivity index (χ4v) is 4.62. The molecule has 1 atom stereocenters. The third-order valence-electron chi connectivity index (χ3n) is 5.99. The second kappa shape index (κ2) is 9.86. The van der Waals surface area contributed by atoms with Crippen LogP contribution in [-0.2, 0) is 6.42 Å². The Morgan fingerprint density at radius 1 is 1.13 bits per heavy atom. The maximum Gasteiger partial charge on any atom is 0.254 e. The SMILES string of the molecule is Cl.Cl.NC1CCCN(C(=O)c2c3c(nc4ccccc24)/C(=C\c2ccco2)CCC3)C1. The van der Waals surface area contributed by atoms with Gasteiger partial charge < -0.3 is 15.1 Å². The first kappa shape index (κ1) is 23.3. The number of halogens is 2. The highest BCUT2D eigenvalue weighted by Gasteiger charge is 2.29. The van der Waals surface area contributed by atoms with E-state index in [0.717, 1.165) is 77.7 Å². The number of hydrogen-bond acceptors (Lipinski definition) is 4. The van der Waals surface area contributed by atoms with Crippen LogP contribution in [0.4, 0.5) is 0 Å². The van der Waals surface area contributed by atoms with Crippen LogP contribution in [0.15, 0.2) is 47.1 Å². The quantitative estimate of drug-likeness (QED) is 0.577. The highest BCUT2D eigenvalue weighted by molar-refractivity contribution is 6.09. The smallest absolute Gasteiger partial charge is 0.254 e. The topological polar surface area (TPSA) is 72.4 Å². The molecule has 5 rings (SSSR count). The van der Waals surface area contributed by atoms with Crippen LogP contribution in [0.25, 0.3) is 22.6 Å². The number of aromatic nitrogens is 1. The number of amides is 1. The van der Waals surface area contributed by atoms with Gasteiger partial charge in [-0.15, -0.1) is 24.8 Å². The number of benzene rings is 1. The fourth-order valence-electron chi connectivity index (χ4n) is 4.62. The van der Waals surface area contributed by atoms with Gasteiger partial charge in [-0.1, -0.05) is 18.2 Å². The third kappa shape index (κ3) is 4.49. The number of hydrogen-bond donors (Lipinski definition) is 1. The van der Waals surface area contributed by atoms with Crippen molar-refractivity contribution in [3.63, 3.8) is 0 Å². The van der Waals surface area contributed by atoms with Crippen LogP contribution in [0.3, 0.4) is 0 Å². The lowest BCUT2D eigenvalue weighted by Gasteiger charge is -2.32. The number of pyridine rings is 1. The van der Waals surface area contributed by atoms with Crippen molar-refractivity contribution in [1.82, 2.24) is 9.88 Å². The third-order valence-corrected chi connectivity index (χ3v) is 5.99. The van der Waals surface area contributed by atoms with Crippen molar-refractivity contribution in [3.05, 3.63) is 65.2 Å². The van der Waals surface area contributed by atoms with E-state index < -0.39 is 0 Å². The van der Waals surface area contributed by atoms with E-state index in [4.69, 9.17) is 15.1 Å². The number of likely N-dealkylation sites (tertiary alicyclic amines) is 1. The average Bonchev–Trinajstić information content (AvgIpc) is 3.25. The molecule has 1 fully saturated rings. The molecule has 0 spiro atoms. The molecule has 1 saturated heterocycles. The summed E-state index contributed by atoms with van der Waals surface area (Å²) < 4.78 is 5.53. The first-order valence-electron chi connectivity index (χ1n) is 10.4. The molecule has 3 aromatic rings. The predicted octanol–water partition coefficient (Wildman–Crippen LogP) is 5.11. The highest BCUT2D eigenvalue weighted by Crippen LogP contribution is 2.37. The van der Waals surface area contributed by atoms with Gasteiger partial charge in [0.25, 0.3) is 5.91 Å². The van der Waals surface area contributed by atoms with Crippen molar-refractivity contribution >= 4 is 53.3 Å². The van der Waals surface area contributed by atoms with Gasteiger partial charge in [0.1, 0.15) is 5.76 Å². The largest absolute Gasteiger partial charge is 0.465 e. The van der Waals surface area contributed by atoms with Gasteiger partial charge >= 0.3 is 0 Å². The Morgan fingerprint density at radius 3 is 2.74 bits per heavy atom. The molecule has 2 aromatic heterocycles. The Morgan fingerprint density at radius 2 is 1.97 bits per heavy atom. The van der Waals surface area contributed by atoms with E-state index in [1.807, 2.05) is 41.3 Å². The van der Waals surface area contributed by atoms with Crippen molar-refractivity contribution in [3.8, 4) is 0 Å². The van der Waals surface area contributed by atoms with E-state index in [0.29, 0.717) is 6.54 Å². The van der Waals surface area contributed by atoms with Crippen LogP contribution in [0.5, 0.6) is 0 Å². The molecular formula is C24H27Cl2N3O2. The molecule has 1 aromatic carbocycles. The minimum Gasteiger partial charge on any atom is -0.465 e. The molecule has 1 aliphatic carbocycles. The molecule has 3 heterocycles. The van der Waals surface area contributed by atoms with Gasteiger partial charge in [-0.2, -0.15) is 0 Å². The maximum absolute atomic E-state index is 13.7. The van der Waals surface area contributed by atoms with Crippen LogP contribution in [0.1, 0.15) is 53.1 Å². The number of carbonyl (C=O) groups is 1. The highest BCUT2D eigenvalue weighted by atomic mass is 35.5. The van der Waals surface area contributed by atoms with Crippen molar-refractivity contribution in [2.24, 2.45) is 5.73 Å². The van der Waals surface area contributed by atoms with Gasteiger partial charge in [0.05, 0.1) is 23.0 Å². The Balaban J connectivity index is 0.00000136. The van der Waals surface area contributed by atoms with Crippen LogP contribution >= 0.6 is 24.8 Å². The molecule has 0 radical (unpaired) electrons. The van der Waals surface area contributed by atoms with Crippen LogP contribution in [-0.4, -0.2) is 34.9 Å². The van der Waals surface area contributed by atoms with E-state index in [-0.39, 0.29) is 36.8 Å². The Labute approximate surface area is 194 Å². The number of fused-ring (bicyclic) bond motifs is 2. The molecule has 0 saturated carbocycles. The maximum atomic E-state index is 13.7. The fraction of sp³-hybridized carbons (Fsp3) is 0.333. The number of nitrogens with zero attached hydrogens (tertiary/aromatic N) is 2. The summed E-state index contributed by atoms with van der Waals surface area (Å²) in [4.78, 5) is 20.6. The lowest BCUT2D eigenvalue weighted by Crippen LogP contribution is -2.46. The number of carbonyl (C=O) groups excluding carboxylic acids is 1. The van der Waals surface area contributed by atoms with Crippen molar-refractivity contribution < 1.29 is 9.21 Å². The van der Waals surface area contributed by atoms with Crippen LogP contribution < -0.4 is 5.73 Å². The molecule has 2 N–H and O–H groups in total. The summed E-state index contributed by atoms with van der Waals surface area (Å²) in [7, 11) is 0. The molecule has 5 nitrogen and oxygen atoms in total. The zero-order valence-corrected chi connectivity index (χ0v) is 18.9. The van der Waals surface area contributed by atoms with Crippen molar-refractivity contribution in [1.29, 1.82) is 0 Å². The van der Waals surface area contributed by atoms with E-state index >= 15 is 0 Å². The summed E-state index contributed by atoms with van der Waals surface area (Å²) in [6.45, 7) is 1.40. The first-order valence-corrected chi connectivity index (χ1v) is 10.4. The molecule has 1 aliphatic heterocycles. The van der Waals surface area contributed by atoms with Crippen LogP contribution in [0.2, 0.25) is 0 Å². The zero-order chi connectivity index (χ0) is 19.8. The van der Waals surface area contributed by atoms with E-state index in [2.05, 4.69) is 6.08 Å².